The second-order valence-electron chi connectivity index (χ2n) is 4.86. The number of hydrogen-bond donors (Lipinski definition) is 2. The van der Waals surface area contributed by atoms with E-state index in [0.717, 1.165) is 16.3 Å². The standard InChI is InChI=1S/C17H16N2OS/c18-17(20)16(19-11-13-7-4-10-21-13)15-9-3-6-12-5-1-2-8-14(12)15/h1-10,16,19H,11H2,(H2,18,20). The van der Waals surface area contributed by atoms with Crippen LogP contribution in [-0.2, 0) is 11.3 Å². The molecule has 0 fully saturated rings. The third-order valence-electron chi connectivity index (χ3n) is 3.48. The Labute approximate surface area is 127 Å². The van der Waals surface area contributed by atoms with Gasteiger partial charge in [0.2, 0.25) is 5.91 Å². The van der Waals surface area contributed by atoms with Crippen LogP contribution in [0.1, 0.15) is 16.5 Å². The highest BCUT2D eigenvalue weighted by Crippen LogP contribution is 2.24. The van der Waals surface area contributed by atoms with Gasteiger partial charge in [0.25, 0.3) is 0 Å². The summed E-state index contributed by atoms with van der Waals surface area (Å²) in [6.07, 6.45) is 0. The molecule has 0 bridgehead atoms. The van der Waals surface area contributed by atoms with Crippen molar-refractivity contribution in [2.75, 3.05) is 0 Å². The molecule has 21 heavy (non-hydrogen) atoms. The van der Waals surface area contributed by atoms with E-state index in [0.29, 0.717) is 6.54 Å². The Bertz CT molecular complexity index is 747. The molecular weight excluding hydrogens is 280 g/mol. The van der Waals surface area contributed by atoms with Gasteiger partial charge in [0.05, 0.1) is 0 Å². The zero-order valence-corrected chi connectivity index (χ0v) is 12.3. The van der Waals surface area contributed by atoms with Crippen LogP contribution in [0, 0.1) is 0 Å². The number of nitrogens with two attached hydrogens (primary N) is 1. The van der Waals surface area contributed by atoms with Gasteiger partial charge in [0.15, 0.2) is 0 Å². The molecule has 106 valence electrons. The van der Waals surface area contributed by atoms with Crippen LogP contribution in [0.4, 0.5) is 0 Å². The average molecular weight is 296 g/mol. The minimum atomic E-state index is -0.488. The Kier molecular flexibility index (Phi) is 3.99. The molecule has 1 amide bonds. The van der Waals surface area contributed by atoms with Gasteiger partial charge in [-0.1, -0.05) is 48.5 Å². The lowest BCUT2D eigenvalue weighted by Crippen LogP contribution is -2.33. The van der Waals surface area contributed by atoms with Crippen molar-refractivity contribution >= 4 is 28.0 Å². The van der Waals surface area contributed by atoms with Crippen LogP contribution in [0.15, 0.2) is 60.0 Å². The van der Waals surface area contributed by atoms with Crippen molar-refractivity contribution in [3.8, 4) is 0 Å². The van der Waals surface area contributed by atoms with Crippen molar-refractivity contribution < 1.29 is 4.79 Å². The van der Waals surface area contributed by atoms with E-state index < -0.39 is 6.04 Å². The lowest BCUT2D eigenvalue weighted by molar-refractivity contribution is -0.120. The molecule has 1 aromatic heterocycles. The van der Waals surface area contributed by atoms with E-state index in [2.05, 4.69) is 5.32 Å². The van der Waals surface area contributed by atoms with Gasteiger partial charge in [0.1, 0.15) is 6.04 Å². The molecule has 1 heterocycles. The molecule has 3 nitrogen and oxygen atoms in total. The summed E-state index contributed by atoms with van der Waals surface area (Å²) in [5, 5.41) is 7.46. The molecule has 0 spiro atoms. The summed E-state index contributed by atoms with van der Waals surface area (Å²) in [4.78, 5) is 13.0. The van der Waals surface area contributed by atoms with E-state index in [1.807, 2.05) is 60.0 Å². The van der Waals surface area contributed by atoms with Gasteiger partial charge in [-0.25, -0.2) is 0 Å². The normalized spacial score (nSPS) is 12.4. The highest BCUT2D eigenvalue weighted by Gasteiger charge is 2.19. The van der Waals surface area contributed by atoms with Gasteiger partial charge in [-0.2, -0.15) is 0 Å². The molecule has 3 aromatic rings. The van der Waals surface area contributed by atoms with Gasteiger partial charge in [-0.3, -0.25) is 10.1 Å². The predicted molar refractivity (Wildman–Crippen MR) is 87.0 cm³/mol. The Morgan fingerprint density at radius 3 is 2.67 bits per heavy atom. The fraction of sp³-hybridized carbons (Fsp3) is 0.118. The van der Waals surface area contributed by atoms with Crippen LogP contribution < -0.4 is 11.1 Å². The van der Waals surface area contributed by atoms with Crippen LogP contribution in [0.25, 0.3) is 10.8 Å². The predicted octanol–water partition coefficient (Wildman–Crippen LogP) is 3.22. The smallest absolute Gasteiger partial charge is 0.239 e. The molecular formula is C17H16N2OS. The molecule has 4 heteroatoms. The maximum absolute atomic E-state index is 11.9. The summed E-state index contributed by atoms with van der Waals surface area (Å²) < 4.78 is 0. The highest BCUT2D eigenvalue weighted by molar-refractivity contribution is 7.09. The summed E-state index contributed by atoms with van der Waals surface area (Å²) in [6, 6.07) is 17.5. The van der Waals surface area contributed by atoms with Gasteiger partial charge < -0.3 is 5.73 Å². The molecule has 3 N–H and O–H groups in total. The molecule has 0 saturated carbocycles. The largest absolute Gasteiger partial charge is 0.368 e. The first-order valence-electron chi connectivity index (χ1n) is 6.78. The van der Waals surface area contributed by atoms with Crippen LogP contribution in [0.2, 0.25) is 0 Å². The Morgan fingerprint density at radius 1 is 1.10 bits per heavy atom. The fourth-order valence-electron chi connectivity index (χ4n) is 2.48. The second kappa shape index (κ2) is 6.08. The molecule has 0 aliphatic heterocycles. The topological polar surface area (TPSA) is 55.1 Å². The molecule has 0 aliphatic carbocycles. The lowest BCUT2D eigenvalue weighted by atomic mass is 9.98. The number of carbonyl (C=O) groups is 1. The average Bonchev–Trinajstić information content (AvgIpc) is 3.01. The molecule has 1 atom stereocenters. The summed E-state index contributed by atoms with van der Waals surface area (Å²) in [5.41, 5.74) is 6.53. The number of amides is 1. The first kappa shape index (κ1) is 13.8. The minimum absolute atomic E-state index is 0.358. The number of nitrogens with one attached hydrogen (secondary N) is 1. The quantitative estimate of drug-likeness (QED) is 0.759. The minimum Gasteiger partial charge on any atom is -0.368 e. The summed E-state index contributed by atoms with van der Waals surface area (Å²) in [7, 11) is 0. The zero-order valence-electron chi connectivity index (χ0n) is 11.5. The van der Waals surface area contributed by atoms with E-state index in [1.54, 1.807) is 11.3 Å². The summed E-state index contributed by atoms with van der Waals surface area (Å²) in [6.45, 7) is 0.633. The molecule has 1 unspecified atom stereocenters. The molecule has 3 rings (SSSR count). The first-order chi connectivity index (χ1) is 10.3. The van der Waals surface area contributed by atoms with Crippen LogP contribution in [0.5, 0.6) is 0 Å². The summed E-state index contributed by atoms with van der Waals surface area (Å²) in [5.74, 6) is -0.358. The Hall–Kier alpha value is -2.17. The number of carbonyl (C=O) groups excluding carboxylic acids is 1. The molecule has 2 aromatic carbocycles. The van der Waals surface area contributed by atoms with Crippen molar-refractivity contribution in [3.63, 3.8) is 0 Å². The fourth-order valence-corrected chi connectivity index (χ4v) is 3.14. The molecule has 0 aliphatic rings. The van der Waals surface area contributed by atoms with Gasteiger partial charge in [0, 0.05) is 11.4 Å². The van der Waals surface area contributed by atoms with Crippen molar-refractivity contribution in [1.82, 2.24) is 5.32 Å². The van der Waals surface area contributed by atoms with Crippen LogP contribution in [-0.4, -0.2) is 5.91 Å². The van der Waals surface area contributed by atoms with E-state index in [9.17, 15) is 4.79 Å². The van der Waals surface area contributed by atoms with Gasteiger partial charge in [-0.05, 0) is 27.8 Å². The Morgan fingerprint density at radius 2 is 1.90 bits per heavy atom. The third kappa shape index (κ3) is 2.96. The maximum Gasteiger partial charge on any atom is 0.239 e. The Balaban J connectivity index is 1.94. The number of thiophene rings is 1. The molecule has 0 saturated heterocycles. The van der Waals surface area contributed by atoms with Crippen molar-refractivity contribution in [2.24, 2.45) is 5.73 Å². The van der Waals surface area contributed by atoms with Gasteiger partial charge in [-0.15, -0.1) is 11.3 Å². The van der Waals surface area contributed by atoms with E-state index in [1.165, 1.54) is 4.88 Å². The SMILES string of the molecule is NC(=O)C(NCc1cccs1)c1cccc2ccccc12. The summed E-state index contributed by atoms with van der Waals surface area (Å²) >= 11 is 1.66. The second-order valence-corrected chi connectivity index (χ2v) is 5.90. The number of rotatable bonds is 5. The van der Waals surface area contributed by atoms with E-state index in [4.69, 9.17) is 5.73 Å². The highest BCUT2D eigenvalue weighted by atomic mass is 32.1. The van der Waals surface area contributed by atoms with Gasteiger partial charge >= 0.3 is 0 Å². The van der Waals surface area contributed by atoms with Crippen molar-refractivity contribution in [1.29, 1.82) is 0 Å². The zero-order chi connectivity index (χ0) is 14.7. The van der Waals surface area contributed by atoms with Crippen molar-refractivity contribution in [3.05, 3.63) is 70.4 Å². The number of primary amides is 1. The monoisotopic (exact) mass is 296 g/mol. The van der Waals surface area contributed by atoms with Crippen LogP contribution >= 0.6 is 11.3 Å². The number of hydrogen-bond acceptors (Lipinski definition) is 3. The first-order valence-corrected chi connectivity index (χ1v) is 7.66. The third-order valence-corrected chi connectivity index (χ3v) is 4.36. The van der Waals surface area contributed by atoms with Crippen LogP contribution in [0.3, 0.4) is 0 Å². The lowest BCUT2D eigenvalue weighted by Gasteiger charge is -2.17. The van der Waals surface area contributed by atoms with E-state index in [-0.39, 0.29) is 5.91 Å². The van der Waals surface area contributed by atoms with Crippen molar-refractivity contribution in [2.45, 2.75) is 12.6 Å². The maximum atomic E-state index is 11.9. The number of fused-ring (bicyclic) bond motifs is 1. The molecule has 0 radical (unpaired) electrons. The number of benzene rings is 2. The van der Waals surface area contributed by atoms with E-state index >= 15 is 0 Å².